The summed E-state index contributed by atoms with van der Waals surface area (Å²) < 4.78 is 5.65. The van der Waals surface area contributed by atoms with Crippen LogP contribution in [-0.4, -0.2) is 42.9 Å². The van der Waals surface area contributed by atoms with Gasteiger partial charge in [0.2, 0.25) is 0 Å². The summed E-state index contributed by atoms with van der Waals surface area (Å²) in [5, 5.41) is 13.2. The molecule has 0 spiro atoms. The summed E-state index contributed by atoms with van der Waals surface area (Å²) in [6, 6.07) is 6.11. The second kappa shape index (κ2) is 10.9. The van der Waals surface area contributed by atoms with Crippen molar-refractivity contribution in [2.75, 3.05) is 31.7 Å². The molecule has 0 fully saturated rings. The number of benzene rings is 1. The zero-order valence-corrected chi connectivity index (χ0v) is 14.3. The molecule has 0 saturated heterocycles. The number of aryl methyl sites for hydroxylation is 2. The van der Waals surface area contributed by atoms with Gasteiger partial charge in [-0.2, -0.15) is 11.8 Å². The molecule has 0 aliphatic carbocycles. The van der Waals surface area contributed by atoms with E-state index in [-0.39, 0.29) is 0 Å². The molecule has 1 unspecified atom stereocenters. The number of rotatable bonds is 11. The quantitative estimate of drug-likeness (QED) is 0.616. The Kier molecular flexibility index (Phi) is 9.55. The van der Waals surface area contributed by atoms with Gasteiger partial charge in [-0.25, -0.2) is 0 Å². The SMILES string of the molecule is CSCCCCCNCC(O)COc1cc(C)cc(C)c1. The van der Waals surface area contributed by atoms with Gasteiger partial charge in [-0.05, 0) is 68.5 Å². The van der Waals surface area contributed by atoms with E-state index in [1.165, 1.54) is 36.1 Å². The van der Waals surface area contributed by atoms with Gasteiger partial charge < -0.3 is 15.2 Å². The number of ether oxygens (including phenoxy) is 1. The topological polar surface area (TPSA) is 41.5 Å². The van der Waals surface area contributed by atoms with Crippen molar-refractivity contribution in [3.63, 3.8) is 0 Å². The molecule has 0 radical (unpaired) electrons. The maximum atomic E-state index is 9.90. The number of unbranched alkanes of at least 4 members (excludes halogenated alkanes) is 2. The van der Waals surface area contributed by atoms with Crippen molar-refractivity contribution in [1.29, 1.82) is 0 Å². The zero-order chi connectivity index (χ0) is 15.5. The zero-order valence-electron chi connectivity index (χ0n) is 13.5. The fourth-order valence-corrected chi connectivity index (χ4v) is 2.70. The number of thioether (sulfide) groups is 1. The van der Waals surface area contributed by atoms with Crippen LogP contribution in [0.1, 0.15) is 30.4 Å². The van der Waals surface area contributed by atoms with Crippen LogP contribution in [0.2, 0.25) is 0 Å². The van der Waals surface area contributed by atoms with Crippen LogP contribution in [0.25, 0.3) is 0 Å². The third-order valence-electron chi connectivity index (χ3n) is 3.22. The Bertz CT molecular complexity index is 378. The molecule has 0 heterocycles. The van der Waals surface area contributed by atoms with E-state index < -0.39 is 6.10 Å². The van der Waals surface area contributed by atoms with Crippen LogP contribution in [0.15, 0.2) is 18.2 Å². The molecule has 120 valence electrons. The lowest BCUT2D eigenvalue weighted by atomic mass is 10.1. The molecular weight excluding hydrogens is 282 g/mol. The van der Waals surface area contributed by atoms with Gasteiger partial charge in [0.05, 0.1) is 0 Å². The van der Waals surface area contributed by atoms with Gasteiger partial charge in [-0.1, -0.05) is 12.5 Å². The van der Waals surface area contributed by atoms with Crippen LogP contribution in [0.4, 0.5) is 0 Å². The van der Waals surface area contributed by atoms with E-state index in [1.807, 2.05) is 23.9 Å². The van der Waals surface area contributed by atoms with Crippen LogP contribution < -0.4 is 10.1 Å². The molecule has 0 amide bonds. The molecule has 1 atom stereocenters. The fourth-order valence-electron chi connectivity index (χ4n) is 2.21. The van der Waals surface area contributed by atoms with Crippen LogP contribution >= 0.6 is 11.8 Å². The normalized spacial score (nSPS) is 12.4. The lowest BCUT2D eigenvalue weighted by Gasteiger charge is -2.14. The Morgan fingerprint density at radius 1 is 1.14 bits per heavy atom. The standard InChI is InChI=1S/C17H29NO2S/c1-14-9-15(2)11-17(10-14)20-13-16(19)12-18-7-5-4-6-8-21-3/h9-11,16,18-19H,4-8,12-13H2,1-3H3. The summed E-state index contributed by atoms with van der Waals surface area (Å²) in [6.07, 6.45) is 5.39. The lowest BCUT2D eigenvalue weighted by Crippen LogP contribution is -2.32. The summed E-state index contributed by atoms with van der Waals surface area (Å²) in [7, 11) is 0. The summed E-state index contributed by atoms with van der Waals surface area (Å²) in [4.78, 5) is 0. The predicted molar refractivity (Wildman–Crippen MR) is 92.5 cm³/mol. The van der Waals surface area contributed by atoms with Gasteiger partial charge in [0.25, 0.3) is 0 Å². The number of aliphatic hydroxyl groups excluding tert-OH is 1. The highest BCUT2D eigenvalue weighted by Gasteiger charge is 2.05. The Hall–Kier alpha value is -0.710. The molecule has 0 aliphatic heterocycles. The Balaban J connectivity index is 2.09. The third-order valence-corrected chi connectivity index (χ3v) is 3.92. The van der Waals surface area contributed by atoms with Gasteiger partial charge in [-0.3, -0.25) is 0 Å². The molecule has 3 nitrogen and oxygen atoms in total. The molecule has 0 bridgehead atoms. The summed E-state index contributed by atoms with van der Waals surface area (Å²) in [6.45, 7) is 5.99. The van der Waals surface area contributed by atoms with E-state index in [4.69, 9.17) is 4.74 Å². The first-order valence-corrected chi connectivity index (χ1v) is 9.10. The second-order valence-electron chi connectivity index (χ2n) is 5.55. The van der Waals surface area contributed by atoms with Crippen LogP contribution in [-0.2, 0) is 0 Å². The third kappa shape index (κ3) is 9.02. The van der Waals surface area contributed by atoms with Crippen molar-refractivity contribution in [3.05, 3.63) is 29.3 Å². The highest BCUT2D eigenvalue weighted by molar-refractivity contribution is 7.98. The number of nitrogens with one attached hydrogen (secondary N) is 1. The molecule has 0 aliphatic rings. The minimum Gasteiger partial charge on any atom is -0.491 e. The largest absolute Gasteiger partial charge is 0.491 e. The van der Waals surface area contributed by atoms with Crippen molar-refractivity contribution in [2.45, 2.75) is 39.2 Å². The van der Waals surface area contributed by atoms with Gasteiger partial charge in [-0.15, -0.1) is 0 Å². The van der Waals surface area contributed by atoms with Crippen molar-refractivity contribution in [2.24, 2.45) is 0 Å². The average Bonchev–Trinajstić information content (AvgIpc) is 2.43. The molecule has 1 rings (SSSR count). The van der Waals surface area contributed by atoms with E-state index >= 15 is 0 Å². The Morgan fingerprint density at radius 3 is 2.52 bits per heavy atom. The van der Waals surface area contributed by atoms with Crippen LogP contribution in [0.3, 0.4) is 0 Å². The molecule has 0 aromatic heterocycles. The van der Waals surface area contributed by atoms with Crippen LogP contribution in [0, 0.1) is 13.8 Å². The number of hydrogen-bond donors (Lipinski definition) is 2. The minimum absolute atomic E-state index is 0.336. The summed E-state index contributed by atoms with van der Waals surface area (Å²) in [5.74, 6) is 2.08. The minimum atomic E-state index is -0.461. The fraction of sp³-hybridized carbons (Fsp3) is 0.647. The van der Waals surface area contributed by atoms with E-state index in [0.29, 0.717) is 13.2 Å². The average molecular weight is 311 g/mol. The molecule has 4 heteroatoms. The van der Waals surface area contributed by atoms with Gasteiger partial charge >= 0.3 is 0 Å². The van der Waals surface area contributed by atoms with Crippen molar-refractivity contribution < 1.29 is 9.84 Å². The van der Waals surface area contributed by atoms with Gasteiger partial charge in [0, 0.05) is 6.54 Å². The maximum absolute atomic E-state index is 9.90. The predicted octanol–water partition coefficient (Wildman–Crippen LogP) is 3.17. The molecule has 1 aromatic rings. The smallest absolute Gasteiger partial charge is 0.119 e. The number of hydrogen-bond acceptors (Lipinski definition) is 4. The molecule has 2 N–H and O–H groups in total. The second-order valence-corrected chi connectivity index (χ2v) is 6.53. The van der Waals surface area contributed by atoms with E-state index in [0.717, 1.165) is 12.3 Å². The monoisotopic (exact) mass is 311 g/mol. The molecule has 0 saturated carbocycles. The molecular formula is C17H29NO2S. The lowest BCUT2D eigenvalue weighted by molar-refractivity contribution is 0.106. The molecule has 21 heavy (non-hydrogen) atoms. The van der Waals surface area contributed by atoms with Gasteiger partial charge in [0.15, 0.2) is 0 Å². The van der Waals surface area contributed by atoms with Crippen molar-refractivity contribution in [3.8, 4) is 5.75 Å². The summed E-state index contributed by atoms with van der Waals surface area (Å²) in [5.41, 5.74) is 2.37. The first-order valence-electron chi connectivity index (χ1n) is 7.70. The van der Waals surface area contributed by atoms with E-state index in [9.17, 15) is 5.11 Å². The van der Waals surface area contributed by atoms with E-state index in [1.54, 1.807) is 0 Å². The summed E-state index contributed by atoms with van der Waals surface area (Å²) >= 11 is 1.90. The Morgan fingerprint density at radius 2 is 1.86 bits per heavy atom. The Labute approximate surface area is 133 Å². The molecule has 1 aromatic carbocycles. The highest BCUT2D eigenvalue weighted by atomic mass is 32.2. The highest BCUT2D eigenvalue weighted by Crippen LogP contribution is 2.16. The van der Waals surface area contributed by atoms with Gasteiger partial charge in [0.1, 0.15) is 18.5 Å². The first kappa shape index (κ1) is 18.3. The first-order chi connectivity index (χ1) is 10.1. The van der Waals surface area contributed by atoms with Crippen molar-refractivity contribution >= 4 is 11.8 Å². The van der Waals surface area contributed by atoms with Crippen molar-refractivity contribution in [1.82, 2.24) is 5.32 Å². The number of aliphatic hydroxyl groups is 1. The van der Waals surface area contributed by atoms with Crippen LogP contribution in [0.5, 0.6) is 5.75 Å². The maximum Gasteiger partial charge on any atom is 0.119 e. The van der Waals surface area contributed by atoms with E-state index in [2.05, 4.69) is 31.5 Å².